The Bertz CT molecular complexity index is 987. The summed E-state index contributed by atoms with van der Waals surface area (Å²) in [5, 5.41) is 13.2. The molecule has 0 aliphatic carbocycles. The zero-order valence-electron chi connectivity index (χ0n) is 33.2. The van der Waals surface area contributed by atoms with Crippen molar-refractivity contribution in [2.24, 2.45) is 0 Å². The van der Waals surface area contributed by atoms with E-state index in [0.29, 0.717) is 6.42 Å². The van der Waals surface area contributed by atoms with Crippen LogP contribution in [0.4, 0.5) is 0 Å². The summed E-state index contributed by atoms with van der Waals surface area (Å²) >= 11 is 0. The summed E-state index contributed by atoms with van der Waals surface area (Å²) in [4.78, 5) is 12.5. The Morgan fingerprint density at radius 1 is 0.529 bits per heavy atom. The van der Waals surface area contributed by atoms with Gasteiger partial charge in [-0.1, -0.05) is 184 Å². The van der Waals surface area contributed by atoms with Crippen LogP contribution in [-0.2, 0) is 14.9 Å². The van der Waals surface area contributed by atoms with Crippen LogP contribution < -0.4 is 5.32 Å². The van der Waals surface area contributed by atoms with Gasteiger partial charge in [0, 0.05) is 6.42 Å². The Labute approximate surface area is 316 Å². The van der Waals surface area contributed by atoms with Crippen molar-refractivity contribution in [3.05, 3.63) is 48.6 Å². The summed E-state index contributed by atoms with van der Waals surface area (Å²) in [6.07, 6.45) is 51.0. The highest BCUT2D eigenvalue weighted by Crippen LogP contribution is 2.14. The second kappa shape index (κ2) is 38.0. The predicted octanol–water partition coefficient (Wildman–Crippen LogP) is 12.7. The van der Waals surface area contributed by atoms with Crippen molar-refractivity contribution in [2.75, 3.05) is 5.75 Å². The number of nitrogens with one attached hydrogen (secondary N) is 1. The lowest BCUT2D eigenvalue weighted by molar-refractivity contribution is -0.122. The summed E-state index contributed by atoms with van der Waals surface area (Å²) in [5.74, 6) is -1.01. The third-order valence-electron chi connectivity index (χ3n) is 9.48. The number of carbonyl (C=O) groups is 1. The third kappa shape index (κ3) is 39.3. The third-order valence-corrected chi connectivity index (χ3v) is 10.3. The summed E-state index contributed by atoms with van der Waals surface area (Å²) in [7, 11) is -4.36. The minimum atomic E-state index is -4.36. The van der Waals surface area contributed by atoms with E-state index in [0.717, 1.165) is 51.4 Å². The molecule has 7 heteroatoms. The van der Waals surface area contributed by atoms with Crippen LogP contribution in [0.1, 0.15) is 206 Å². The largest absolute Gasteiger partial charge is 0.387 e. The van der Waals surface area contributed by atoms with Crippen LogP contribution in [0.15, 0.2) is 48.6 Å². The standard InChI is InChI=1S/C44H81NO5S/c1-3-5-7-9-11-13-15-17-19-21-23-25-27-29-31-33-35-37-39-43(46)42(41-51(48,49)50)45-44(47)40-38-36-34-32-30-28-26-24-22-20-18-16-14-12-10-8-6-4-2/h14,16,20,22,29,31,37,39,42-43,46H,3-13,15,17-19,21,23-28,30,32-36,38,40-41H2,1-2H3,(H,45,47)(H,48,49,50)/b16-14-,22-20-,31-29+,39-37+. The van der Waals surface area contributed by atoms with E-state index in [4.69, 9.17) is 0 Å². The molecule has 0 spiro atoms. The average Bonchev–Trinajstić information content (AvgIpc) is 3.09. The number of amides is 1. The first-order valence-electron chi connectivity index (χ1n) is 21.3. The van der Waals surface area contributed by atoms with Crippen molar-refractivity contribution in [3.63, 3.8) is 0 Å². The first-order chi connectivity index (χ1) is 24.8. The SMILES string of the molecule is CCCCCC/C=C\C/C=C\CCCCCCCCCC(=O)NC(CS(=O)(=O)O)C(O)/C=C/CC/C=C/CCCCCCCCCCCCCC. The number of unbranched alkanes of at least 4 members (excludes halogenated alkanes) is 24. The van der Waals surface area contributed by atoms with Gasteiger partial charge in [0.1, 0.15) is 0 Å². The van der Waals surface area contributed by atoms with Crippen molar-refractivity contribution < 1.29 is 22.9 Å². The molecule has 0 bridgehead atoms. The van der Waals surface area contributed by atoms with E-state index < -0.39 is 28.0 Å². The van der Waals surface area contributed by atoms with Gasteiger partial charge in [0.15, 0.2) is 0 Å². The molecule has 0 aliphatic heterocycles. The lowest BCUT2D eigenvalue weighted by Gasteiger charge is -2.21. The van der Waals surface area contributed by atoms with Crippen LogP contribution in [-0.4, -0.2) is 41.9 Å². The fourth-order valence-electron chi connectivity index (χ4n) is 6.26. The molecule has 3 N–H and O–H groups in total. The molecule has 298 valence electrons. The number of aliphatic hydroxyl groups excluding tert-OH is 1. The highest BCUT2D eigenvalue weighted by molar-refractivity contribution is 7.85. The van der Waals surface area contributed by atoms with Gasteiger partial charge in [-0.25, -0.2) is 0 Å². The van der Waals surface area contributed by atoms with Crippen LogP contribution in [0.5, 0.6) is 0 Å². The average molecular weight is 736 g/mol. The molecule has 0 heterocycles. The normalized spacial score (nSPS) is 13.7. The van der Waals surface area contributed by atoms with Crippen molar-refractivity contribution in [3.8, 4) is 0 Å². The maximum Gasteiger partial charge on any atom is 0.267 e. The molecular formula is C44H81NO5S. The second-order valence-electron chi connectivity index (χ2n) is 14.6. The van der Waals surface area contributed by atoms with Crippen LogP contribution in [0.2, 0.25) is 0 Å². The molecule has 0 rings (SSSR count). The quantitative estimate of drug-likeness (QED) is 0.0333. The Morgan fingerprint density at radius 3 is 1.37 bits per heavy atom. The lowest BCUT2D eigenvalue weighted by atomic mass is 10.0. The minimum absolute atomic E-state index is 0.278. The summed E-state index contributed by atoms with van der Waals surface area (Å²) in [6.45, 7) is 4.51. The van der Waals surface area contributed by atoms with Gasteiger partial charge in [0.05, 0.1) is 17.9 Å². The molecule has 0 aromatic carbocycles. The Balaban J connectivity index is 3.97. The van der Waals surface area contributed by atoms with Gasteiger partial charge in [0.25, 0.3) is 10.1 Å². The van der Waals surface area contributed by atoms with Crippen molar-refractivity contribution in [1.29, 1.82) is 0 Å². The predicted molar refractivity (Wildman–Crippen MR) is 221 cm³/mol. The number of allylic oxidation sites excluding steroid dienone is 7. The molecule has 0 aromatic rings. The lowest BCUT2D eigenvalue weighted by Crippen LogP contribution is -2.46. The van der Waals surface area contributed by atoms with Crippen LogP contribution in [0.3, 0.4) is 0 Å². The van der Waals surface area contributed by atoms with Gasteiger partial charge in [-0.05, 0) is 64.2 Å². The van der Waals surface area contributed by atoms with Crippen LogP contribution in [0.25, 0.3) is 0 Å². The van der Waals surface area contributed by atoms with Gasteiger partial charge >= 0.3 is 0 Å². The smallest absolute Gasteiger partial charge is 0.267 e. The van der Waals surface area contributed by atoms with Gasteiger partial charge in [-0.15, -0.1) is 0 Å². The van der Waals surface area contributed by atoms with E-state index in [1.54, 1.807) is 0 Å². The van der Waals surface area contributed by atoms with Crippen LogP contribution in [0, 0.1) is 0 Å². The highest BCUT2D eigenvalue weighted by Gasteiger charge is 2.24. The van der Waals surface area contributed by atoms with Crippen molar-refractivity contribution in [1.82, 2.24) is 5.32 Å². The molecule has 2 unspecified atom stereocenters. The number of aliphatic hydroxyl groups is 1. The highest BCUT2D eigenvalue weighted by atomic mass is 32.2. The van der Waals surface area contributed by atoms with E-state index in [2.05, 4.69) is 55.6 Å². The molecular weight excluding hydrogens is 655 g/mol. The van der Waals surface area contributed by atoms with E-state index >= 15 is 0 Å². The molecule has 0 fully saturated rings. The monoisotopic (exact) mass is 736 g/mol. The number of hydrogen-bond acceptors (Lipinski definition) is 4. The first kappa shape index (κ1) is 49.3. The summed E-state index contributed by atoms with van der Waals surface area (Å²) in [5.41, 5.74) is 0. The van der Waals surface area contributed by atoms with E-state index in [-0.39, 0.29) is 12.3 Å². The molecule has 0 aliphatic rings. The molecule has 1 amide bonds. The van der Waals surface area contributed by atoms with E-state index in [1.165, 1.54) is 134 Å². The molecule has 51 heavy (non-hydrogen) atoms. The van der Waals surface area contributed by atoms with Gasteiger partial charge < -0.3 is 10.4 Å². The summed E-state index contributed by atoms with van der Waals surface area (Å²) < 4.78 is 32.5. The topological polar surface area (TPSA) is 104 Å². The van der Waals surface area contributed by atoms with Gasteiger partial charge in [0.2, 0.25) is 5.91 Å². The number of carbonyl (C=O) groups excluding carboxylic acids is 1. The second-order valence-corrected chi connectivity index (χ2v) is 16.1. The number of hydrogen-bond donors (Lipinski definition) is 3. The molecule has 6 nitrogen and oxygen atoms in total. The van der Waals surface area contributed by atoms with E-state index in [9.17, 15) is 22.9 Å². The minimum Gasteiger partial charge on any atom is -0.387 e. The van der Waals surface area contributed by atoms with Crippen molar-refractivity contribution in [2.45, 2.75) is 219 Å². The van der Waals surface area contributed by atoms with Crippen molar-refractivity contribution >= 4 is 16.0 Å². The Hall–Kier alpha value is -1.70. The molecule has 0 radical (unpaired) electrons. The maximum atomic E-state index is 12.5. The fourth-order valence-corrected chi connectivity index (χ4v) is 6.99. The Morgan fingerprint density at radius 2 is 0.902 bits per heavy atom. The molecule has 0 saturated heterocycles. The van der Waals surface area contributed by atoms with Gasteiger partial charge in [-0.2, -0.15) is 8.42 Å². The molecule has 2 atom stereocenters. The number of rotatable bonds is 38. The molecule has 0 saturated carbocycles. The maximum absolute atomic E-state index is 12.5. The van der Waals surface area contributed by atoms with E-state index in [1.807, 2.05) is 6.08 Å². The first-order valence-corrected chi connectivity index (χ1v) is 22.9. The summed E-state index contributed by atoms with van der Waals surface area (Å²) in [6, 6.07) is -1.08. The molecule has 0 aromatic heterocycles. The zero-order chi connectivity index (χ0) is 37.5. The Kier molecular flexibility index (Phi) is 36.8. The fraction of sp³-hybridized carbons (Fsp3) is 0.795. The zero-order valence-corrected chi connectivity index (χ0v) is 34.0. The van der Waals surface area contributed by atoms with Crippen LogP contribution >= 0.6 is 0 Å². The van der Waals surface area contributed by atoms with Gasteiger partial charge in [-0.3, -0.25) is 9.35 Å².